The Hall–Kier alpha value is -3.79. The first-order valence-corrected chi connectivity index (χ1v) is 17.1. The van der Waals surface area contributed by atoms with Gasteiger partial charge in [0.25, 0.3) is 0 Å². The van der Waals surface area contributed by atoms with Gasteiger partial charge in [-0.05, 0) is 28.0 Å². The SMILES string of the molecule is CC(=O)N[C@H]1[C@@H](OCc2ccccc2)O[C@@H]2COC(c3ccccc3)O[C@@H]2[C@@H]1O[C@@H]1O[C@H](COCc2ccc3ccccc3c2)[C@H](O)[C@H](O)[C@H]1O. The van der Waals surface area contributed by atoms with Gasteiger partial charge in [-0.2, -0.15) is 0 Å². The van der Waals surface area contributed by atoms with Crippen molar-refractivity contribution in [3.63, 3.8) is 0 Å². The second-order valence-electron chi connectivity index (χ2n) is 13.1. The van der Waals surface area contributed by atoms with Crippen molar-refractivity contribution in [1.82, 2.24) is 5.32 Å². The molecule has 4 aromatic rings. The minimum atomic E-state index is -1.65. The monoisotopic (exact) mass is 701 g/mol. The molecule has 0 aliphatic carbocycles. The van der Waals surface area contributed by atoms with E-state index >= 15 is 0 Å². The lowest BCUT2D eigenvalue weighted by atomic mass is 9.94. The van der Waals surface area contributed by atoms with Crippen molar-refractivity contribution in [2.75, 3.05) is 13.2 Å². The normalized spacial score (nSPS) is 32.3. The van der Waals surface area contributed by atoms with E-state index in [4.69, 9.17) is 33.2 Å². The zero-order valence-electron chi connectivity index (χ0n) is 28.1. The lowest BCUT2D eigenvalue weighted by Crippen LogP contribution is -2.69. The van der Waals surface area contributed by atoms with Gasteiger partial charge in [-0.1, -0.05) is 97.1 Å². The summed E-state index contributed by atoms with van der Waals surface area (Å²) in [7, 11) is 0. The summed E-state index contributed by atoms with van der Waals surface area (Å²) in [6, 6.07) is 31.9. The van der Waals surface area contributed by atoms with E-state index in [9.17, 15) is 20.1 Å². The zero-order chi connectivity index (χ0) is 35.3. The van der Waals surface area contributed by atoms with Crippen molar-refractivity contribution in [3.8, 4) is 0 Å². The summed E-state index contributed by atoms with van der Waals surface area (Å²) in [6.45, 7) is 1.78. The number of aliphatic hydroxyl groups is 3. The van der Waals surface area contributed by atoms with Gasteiger partial charge < -0.3 is 53.8 Å². The molecule has 3 aliphatic heterocycles. The molecular weight excluding hydrogens is 658 g/mol. The highest BCUT2D eigenvalue weighted by molar-refractivity contribution is 5.82. The first kappa shape index (κ1) is 35.6. The van der Waals surface area contributed by atoms with E-state index in [2.05, 4.69) is 5.32 Å². The Balaban J connectivity index is 1.11. The fraction of sp³-hybridized carbons (Fsp3) is 0.410. The summed E-state index contributed by atoms with van der Waals surface area (Å²) in [5.41, 5.74) is 2.58. The number of rotatable bonds is 11. The van der Waals surface area contributed by atoms with Crippen molar-refractivity contribution >= 4 is 16.7 Å². The van der Waals surface area contributed by atoms with E-state index in [1.165, 1.54) is 6.92 Å². The second-order valence-corrected chi connectivity index (χ2v) is 13.1. The lowest BCUT2D eigenvalue weighted by molar-refractivity contribution is -0.379. The van der Waals surface area contributed by atoms with Gasteiger partial charge >= 0.3 is 0 Å². The molecule has 3 fully saturated rings. The molecule has 0 radical (unpaired) electrons. The Morgan fingerprint density at radius 1 is 0.765 bits per heavy atom. The van der Waals surface area contributed by atoms with Crippen LogP contribution in [0.15, 0.2) is 103 Å². The molecule has 4 N–H and O–H groups in total. The van der Waals surface area contributed by atoms with Crippen LogP contribution in [0.25, 0.3) is 10.8 Å². The van der Waals surface area contributed by atoms with Gasteiger partial charge in [0.1, 0.15) is 48.8 Å². The second kappa shape index (κ2) is 16.3. The standard InChI is InChI=1S/C39H43NO11/c1-23(41)40-31-36(35-30(22-47-37(50-35)27-13-6-3-7-14-27)49-38(31)46-20-24-10-4-2-5-11-24)51-39-34(44)33(43)32(42)29(48-39)21-45-19-25-16-17-26-12-8-9-15-28(26)18-25/h2-18,29-39,42-44H,19-22H2,1H3,(H,40,41)/t29-,30-,31-,32+,33+,34-,35+,36-,37?,38+,39+/m1/s1. The maximum atomic E-state index is 12.6. The molecule has 0 aromatic heterocycles. The highest BCUT2D eigenvalue weighted by atomic mass is 16.8. The fourth-order valence-corrected chi connectivity index (χ4v) is 6.74. The van der Waals surface area contributed by atoms with Gasteiger partial charge in [0.05, 0.1) is 26.4 Å². The number of fused-ring (bicyclic) bond motifs is 2. The van der Waals surface area contributed by atoms with E-state index in [0.29, 0.717) is 0 Å². The van der Waals surface area contributed by atoms with E-state index in [-0.39, 0.29) is 32.3 Å². The smallest absolute Gasteiger partial charge is 0.217 e. The number of aliphatic hydroxyl groups excluding tert-OH is 3. The maximum absolute atomic E-state index is 12.6. The average Bonchev–Trinajstić information content (AvgIpc) is 3.16. The van der Waals surface area contributed by atoms with Crippen molar-refractivity contribution in [2.45, 2.75) is 87.8 Å². The number of benzene rings is 4. The third-order valence-electron chi connectivity index (χ3n) is 9.36. The zero-order valence-corrected chi connectivity index (χ0v) is 28.1. The molecule has 1 amide bonds. The van der Waals surface area contributed by atoms with E-state index in [0.717, 1.165) is 27.5 Å². The Labute approximate surface area is 295 Å². The summed E-state index contributed by atoms with van der Waals surface area (Å²) in [5, 5.41) is 38.1. The number of hydrogen-bond acceptors (Lipinski definition) is 11. The molecule has 0 spiro atoms. The number of amides is 1. The van der Waals surface area contributed by atoms with Crippen LogP contribution in [-0.4, -0.2) is 95.8 Å². The molecule has 51 heavy (non-hydrogen) atoms. The van der Waals surface area contributed by atoms with Crippen LogP contribution in [0.5, 0.6) is 0 Å². The predicted octanol–water partition coefficient (Wildman–Crippen LogP) is 3.11. The van der Waals surface area contributed by atoms with E-state index < -0.39 is 67.6 Å². The molecule has 3 aliphatic rings. The third-order valence-corrected chi connectivity index (χ3v) is 9.36. The number of carbonyl (C=O) groups is 1. The Morgan fingerprint density at radius 2 is 1.49 bits per heavy atom. The van der Waals surface area contributed by atoms with Gasteiger partial charge in [-0.3, -0.25) is 4.79 Å². The summed E-state index contributed by atoms with van der Waals surface area (Å²) in [5.74, 6) is -0.379. The molecule has 0 bridgehead atoms. The van der Waals surface area contributed by atoms with Crippen LogP contribution in [0.3, 0.4) is 0 Å². The molecule has 3 heterocycles. The summed E-state index contributed by atoms with van der Waals surface area (Å²) >= 11 is 0. The molecule has 11 atom stereocenters. The highest BCUT2D eigenvalue weighted by Crippen LogP contribution is 2.37. The number of hydrogen-bond donors (Lipinski definition) is 4. The minimum absolute atomic E-state index is 0.101. The molecule has 0 saturated carbocycles. The van der Waals surface area contributed by atoms with Gasteiger partial charge in [0.2, 0.25) is 5.91 Å². The molecule has 1 unspecified atom stereocenters. The third kappa shape index (κ3) is 8.32. The van der Waals surface area contributed by atoms with Crippen molar-refractivity contribution < 1.29 is 53.3 Å². The van der Waals surface area contributed by atoms with Crippen LogP contribution >= 0.6 is 0 Å². The molecule has 3 saturated heterocycles. The van der Waals surface area contributed by atoms with Crippen LogP contribution in [0, 0.1) is 0 Å². The average molecular weight is 702 g/mol. The van der Waals surface area contributed by atoms with Crippen LogP contribution in [0.2, 0.25) is 0 Å². The maximum Gasteiger partial charge on any atom is 0.217 e. The first-order valence-electron chi connectivity index (χ1n) is 17.1. The summed E-state index contributed by atoms with van der Waals surface area (Å²) in [4.78, 5) is 12.6. The van der Waals surface area contributed by atoms with Crippen LogP contribution in [0.1, 0.15) is 29.9 Å². The predicted molar refractivity (Wildman–Crippen MR) is 183 cm³/mol. The first-order chi connectivity index (χ1) is 24.8. The molecule has 4 aromatic carbocycles. The van der Waals surface area contributed by atoms with Crippen LogP contribution < -0.4 is 5.32 Å². The summed E-state index contributed by atoms with van der Waals surface area (Å²) in [6.07, 6.45) is -11.6. The quantitative estimate of drug-likeness (QED) is 0.183. The van der Waals surface area contributed by atoms with Gasteiger partial charge in [-0.25, -0.2) is 0 Å². The molecule has 12 nitrogen and oxygen atoms in total. The minimum Gasteiger partial charge on any atom is -0.387 e. The topological polar surface area (TPSA) is 154 Å². The van der Waals surface area contributed by atoms with Crippen LogP contribution in [0.4, 0.5) is 0 Å². The van der Waals surface area contributed by atoms with Gasteiger partial charge in [0, 0.05) is 12.5 Å². The Bertz CT molecular complexity index is 1730. The Kier molecular flexibility index (Phi) is 11.4. The summed E-state index contributed by atoms with van der Waals surface area (Å²) < 4.78 is 43.7. The lowest BCUT2D eigenvalue weighted by Gasteiger charge is -2.51. The number of carbonyl (C=O) groups excluding carboxylic acids is 1. The van der Waals surface area contributed by atoms with Crippen molar-refractivity contribution in [2.24, 2.45) is 0 Å². The van der Waals surface area contributed by atoms with Crippen molar-refractivity contribution in [3.05, 3.63) is 120 Å². The van der Waals surface area contributed by atoms with Gasteiger partial charge in [0.15, 0.2) is 18.9 Å². The molecular formula is C39H43NO11. The van der Waals surface area contributed by atoms with Gasteiger partial charge in [-0.15, -0.1) is 0 Å². The number of nitrogens with one attached hydrogen (secondary N) is 1. The van der Waals surface area contributed by atoms with Crippen molar-refractivity contribution in [1.29, 1.82) is 0 Å². The Morgan fingerprint density at radius 3 is 2.25 bits per heavy atom. The van der Waals surface area contributed by atoms with E-state index in [1.54, 1.807) is 0 Å². The van der Waals surface area contributed by atoms with Crippen LogP contribution in [-0.2, 0) is 51.2 Å². The molecule has 270 valence electrons. The highest BCUT2D eigenvalue weighted by Gasteiger charge is 2.54. The fourth-order valence-electron chi connectivity index (χ4n) is 6.74. The molecule has 12 heteroatoms. The largest absolute Gasteiger partial charge is 0.387 e. The number of ether oxygens (including phenoxy) is 7. The van der Waals surface area contributed by atoms with E-state index in [1.807, 2.05) is 103 Å². The molecule has 7 rings (SSSR count).